The van der Waals surface area contributed by atoms with Gasteiger partial charge < -0.3 is 10.6 Å². The van der Waals surface area contributed by atoms with Crippen molar-refractivity contribution < 1.29 is 14.1 Å². The highest BCUT2D eigenvalue weighted by Crippen LogP contribution is 2.26. The minimum absolute atomic E-state index is 0.143. The highest BCUT2D eigenvalue weighted by molar-refractivity contribution is 5.99. The normalized spacial score (nSPS) is 15.8. The Morgan fingerprint density at radius 2 is 1.85 bits per heavy atom. The smallest absolute Gasteiger partial charge is 0.285 e. The van der Waals surface area contributed by atoms with Crippen molar-refractivity contribution in [2.75, 3.05) is 18.8 Å². The lowest BCUT2D eigenvalue weighted by Crippen LogP contribution is -2.32. The molecular formula is C13H16FN3O3. The summed E-state index contributed by atoms with van der Waals surface area (Å²) in [6, 6.07) is 1.76. The van der Waals surface area contributed by atoms with Gasteiger partial charge in [-0.1, -0.05) is 12.8 Å². The lowest BCUT2D eigenvalue weighted by Gasteiger charge is -2.20. The molecule has 1 fully saturated rings. The van der Waals surface area contributed by atoms with Crippen molar-refractivity contribution in [1.82, 2.24) is 4.90 Å². The number of nitro benzene ring substituents is 1. The fourth-order valence-corrected chi connectivity index (χ4v) is 2.35. The zero-order valence-electron chi connectivity index (χ0n) is 11.0. The van der Waals surface area contributed by atoms with Crippen molar-refractivity contribution in [2.45, 2.75) is 25.7 Å². The Morgan fingerprint density at radius 1 is 1.25 bits per heavy atom. The molecule has 1 heterocycles. The van der Waals surface area contributed by atoms with E-state index in [0.29, 0.717) is 19.2 Å². The number of anilines is 1. The number of nitrogens with zero attached hydrogens (tertiary/aromatic N) is 2. The van der Waals surface area contributed by atoms with E-state index in [1.165, 1.54) is 0 Å². The highest BCUT2D eigenvalue weighted by Gasteiger charge is 2.27. The van der Waals surface area contributed by atoms with Gasteiger partial charge in [-0.05, 0) is 18.9 Å². The van der Waals surface area contributed by atoms with Gasteiger partial charge in [0.1, 0.15) is 5.56 Å². The van der Waals surface area contributed by atoms with Crippen molar-refractivity contribution >= 4 is 17.3 Å². The van der Waals surface area contributed by atoms with Crippen LogP contribution in [0, 0.1) is 15.9 Å². The van der Waals surface area contributed by atoms with Crippen molar-refractivity contribution in [3.63, 3.8) is 0 Å². The predicted octanol–water partition coefficient (Wildman–Crippen LogP) is 2.33. The van der Waals surface area contributed by atoms with Gasteiger partial charge in [0.05, 0.1) is 16.7 Å². The van der Waals surface area contributed by atoms with E-state index in [2.05, 4.69) is 0 Å². The molecule has 0 unspecified atom stereocenters. The minimum Gasteiger partial charge on any atom is -0.396 e. The second-order valence-electron chi connectivity index (χ2n) is 4.85. The molecule has 1 amide bonds. The fraction of sp³-hybridized carbons (Fsp3) is 0.462. The van der Waals surface area contributed by atoms with Gasteiger partial charge in [-0.2, -0.15) is 0 Å². The van der Waals surface area contributed by atoms with Crippen LogP contribution < -0.4 is 5.73 Å². The van der Waals surface area contributed by atoms with E-state index in [1.54, 1.807) is 4.90 Å². The van der Waals surface area contributed by atoms with Crippen molar-refractivity contribution in [2.24, 2.45) is 0 Å². The highest BCUT2D eigenvalue weighted by atomic mass is 19.1. The summed E-state index contributed by atoms with van der Waals surface area (Å²) in [5.41, 5.74) is 4.48. The third-order valence-corrected chi connectivity index (χ3v) is 3.44. The minimum atomic E-state index is -0.885. The molecule has 7 heteroatoms. The Kier molecular flexibility index (Phi) is 4.16. The monoisotopic (exact) mass is 281 g/mol. The summed E-state index contributed by atoms with van der Waals surface area (Å²) in [7, 11) is 0. The maximum Gasteiger partial charge on any atom is 0.285 e. The summed E-state index contributed by atoms with van der Waals surface area (Å²) in [5, 5.41) is 11.0. The maximum absolute atomic E-state index is 13.3. The van der Waals surface area contributed by atoms with Crippen LogP contribution in [0.25, 0.3) is 0 Å². The first kappa shape index (κ1) is 14.2. The molecule has 1 aliphatic rings. The van der Waals surface area contributed by atoms with Gasteiger partial charge in [-0.25, -0.2) is 4.39 Å². The number of likely N-dealkylation sites (tertiary alicyclic amines) is 1. The zero-order valence-corrected chi connectivity index (χ0v) is 11.0. The first-order valence-corrected chi connectivity index (χ1v) is 6.53. The van der Waals surface area contributed by atoms with E-state index < -0.39 is 22.3 Å². The topological polar surface area (TPSA) is 89.5 Å². The van der Waals surface area contributed by atoms with Gasteiger partial charge in [0.15, 0.2) is 5.82 Å². The van der Waals surface area contributed by atoms with Crippen molar-refractivity contribution in [1.29, 1.82) is 0 Å². The number of halogens is 1. The first-order valence-electron chi connectivity index (χ1n) is 6.53. The maximum atomic E-state index is 13.3. The quantitative estimate of drug-likeness (QED) is 0.512. The van der Waals surface area contributed by atoms with Crippen molar-refractivity contribution in [3.8, 4) is 0 Å². The van der Waals surface area contributed by atoms with E-state index in [9.17, 15) is 19.3 Å². The number of amides is 1. The second kappa shape index (κ2) is 5.85. The molecule has 1 aromatic carbocycles. The molecule has 0 bridgehead atoms. The number of nitrogens with two attached hydrogens (primary N) is 1. The number of hydrogen-bond donors (Lipinski definition) is 1. The zero-order chi connectivity index (χ0) is 14.7. The molecule has 0 saturated carbocycles. The van der Waals surface area contributed by atoms with Crippen LogP contribution in [-0.4, -0.2) is 28.8 Å². The Balaban J connectivity index is 2.37. The number of carbonyl (C=O) groups excluding carboxylic acids is 1. The molecule has 108 valence electrons. The Bertz CT molecular complexity index is 540. The lowest BCUT2D eigenvalue weighted by molar-refractivity contribution is -0.385. The average Bonchev–Trinajstić information content (AvgIpc) is 2.69. The summed E-state index contributed by atoms with van der Waals surface area (Å²) >= 11 is 0. The Hall–Kier alpha value is -2.18. The van der Waals surface area contributed by atoms with Crippen LogP contribution >= 0.6 is 0 Å². The summed E-state index contributed by atoms with van der Waals surface area (Å²) in [5.74, 6) is -1.34. The third kappa shape index (κ3) is 2.87. The van der Waals surface area contributed by atoms with E-state index in [0.717, 1.165) is 31.7 Å². The van der Waals surface area contributed by atoms with Crippen LogP contribution in [0.2, 0.25) is 0 Å². The van der Waals surface area contributed by atoms with Crippen LogP contribution in [0.5, 0.6) is 0 Å². The van der Waals surface area contributed by atoms with Crippen LogP contribution in [-0.2, 0) is 0 Å². The third-order valence-electron chi connectivity index (χ3n) is 3.44. The molecule has 1 aromatic rings. The number of nitrogen functional groups attached to an aromatic ring is 1. The van der Waals surface area contributed by atoms with E-state index in [4.69, 9.17) is 5.73 Å². The predicted molar refractivity (Wildman–Crippen MR) is 71.8 cm³/mol. The number of benzene rings is 1. The lowest BCUT2D eigenvalue weighted by atomic mass is 10.1. The SMILES string of the molecule is Nc1cc(C(=O)N2CCCCCC2)c([N+](=O)[O-])cc1F. The molecule has 0 spiro atoms. The largest absolute Gasteiger partial charge is 0.396 e. The summed E-state index contributed by atoms with van der Waals surface area (Å²) in [6.45, 7) is 1.13. The molecule has 2 rings (SSSR count). The van der Waals surface area contributed by atoms with Crippen LogP contribution in [0.15, 0.2) is 12.1 Å². The van der Waals surface area contributed by atoms with Gasteiger partial charge >= 0.3 is 0 Å². The molecule has 0 aromatic heterocycles. The van der Waals surface area contributed by atoms with Gasteiger partial charge in [-0.15, -0.1) is 0 Å². The first-order chi connectivity index (χ1) is 9.50. The molecule has 20 heavy (non-hydrogen) atoms. The molecule has 1 saturated heterocycles. The molecule has 0 atom stereocenters. The molecular weight excluding hydrogens is 265 g/mol. The Labute approximate surface area is 115 Å². The number of nitro groups is 1. The number of hydrogen-bond acceptors (Lipinski definition) is 4. The number of carbonyl (C=O) groups is 1. The fourth-order valence-electron chi connectivity index (χ4n) is 2.35. The van der Waals surface area contributed by atoms with Gasteiger partial charge in [0.2, 0.25) is 0 Å². The number of rotatable bonds is 2. The molecule has 0 aliphatic carbocycles. The van der Waals surface area contributed by atoms with E-state index >= 15 is 0 Å². The van der Waals surface area contributed by atoms with Crippen LogP contribution in [0.1, 0.15) is 36.0 Å². The Morgan fingerprint density at radius 3 is 2.40 bits per heavy atom. The van der Waals surface area contributed by atoms with E-state index in [-0.39, 0.29) is 11.3 Å². The average molecular weight is 281 g/mol. The second-order valence-corrected chi connectivity index (χ2v) is 4.85. The molecule has 1 aliphatic heterocycles. The van der Waals surface area contributed by atoms with E-state index in [1.807, 2.05) is 0 Å². The summed E-state index contributed by atoms with van der Waals surface area (Å²) in [4.78, 5) is 24.2. The van der Waals surface area contributed by atoms with Gasteiger partial charge in [0.25, 0.3) is 11.6 Å². The molecule has 6 nitrogen and oxygen atoms in total. The van der Waals surface area contributed by atoms with Crippen molar-refractivity contribution in [3.05, 3.63) is 33.6 Å². The van der Waals surface area contributed by atoms with Crippen LogP contribution in [0.3, 0.4) is 0 Å². The summed E-state index contributed by atoms with van der Waals surface area (Å²) < 4.78 is 13.3. The van der Waals surface area contributed by atoms with Gasteiger partial charge in [0, 0.05) is 13.1 Å². The molecule has 0 radical (unpaired) electrons. The van der Waals surface area contributed by atoms with Gasteiger partial charge in [-0.3, -0.25) is 14.9 Å². The standard InChI is InChI=1S/C13H16FN3O3/c14-10-8-12(17(19)20)9(7-11(10)15)13(18)16-5-3-1-2-4-6-16/h7-8H,1-6,15H2. The summed E-state index contributed by atoms with van der Waals surface area (Å²) in [6.07, 6.45) is 3.82. The van der Waals surface area contributed by atoms with Crippen LogP contribution in [0.4, 0.5) is 15.8 Å². The molecule has 2 N–H and O–H groups in total.